The molecular formula is C22H20BrN7O4S. The second-order valence-electron chi connectivity index (χ2n) is 7.61. The number of hydrogen-bond acceptors (Lipinski definition) is 8. The lowest BCUT2D eigenvalue weighted by atomic mass is 10.2. The molecule has 1 aromatic carbocycles. The van der Waals surface area contributed by atoms with Gasteiger partial charge >= 0.3 is 0 Å². The van der Waals surface area contributed by atoms with E-state index in [0.717, 1.165) is 16.1 Å². The van der Waals surface area contributed by atoms with E-state index >= 15 is 0 Å². The van der Waals surface area contributed by atoms with Crippen LogP contribution in [0.2, 0.25) is 0 Å². The van der Waals surface area contributed by atoms with Gasteiger partial charge in [-0.15, -0.1) is 0 Å². The van der Waals surface area contributed by atoms with Crippen LogP contribution in [-0.2, 0) is 16.6 Å². The van der Waals surface area contributed by atoms with Crippen molar-refractivity contribution < 1.29 is 13.3 Å². The molecule has 0 saturated carbocycles. The van der Waals surface area contributed by atoms with Crippen molar-refractivity contribution >= 4 is 48.6 Å². The number of nitrogens with one attached hydrogen (secondary N) is 1. The molecule has 11 nitrogen and oxygen atoms in total. The molecule has 0 aliphatic rings. The van der Waals surface area contributed by atoms with Gasteiger partial charge in [0.15, 0.2) is 0 Å². The van der Waals surface area contributed by atoms with Crippen molar-refractivity contribution in [1.29, 1.82) is 0 Å². The Bertz CT molecular complexity index is 1540. The predicted molar refractivity (Wildman–Crippen MR) is 135 cm³/mol. The van der Waals surface area contributed by atoms with Gasteiger partial charge in [0.1, 0.15) is 4.90 Å². The molecule has 0 unspecified atom stereocenters. The number of nitro groups is 1. The number of pyridine rings is 2. The highest BCUT2D eigenvalue weighted by Gasteiger charge is 2.24. The zero-order chi connectivity index (χ0) is 25.2. The van der Waals surface area contributed by atoms with Gasteiger partial charge in [0.2, 0.25) is 0 Å². The van der Waals surface area contributed by atoms with Crippen molar-refractivity contribution in [3.8, 4) is 0 Å². The Balaban J connectivity index is 1.69. The summed E-state index contributed by atoms with van der Waals surface area (Å²) in [6.07, 6.45) is 4.97. The molecule has 1 N–H and O–H groups in total. The van der Waals surface area contributed by atoms with Gasteiger partial charge < -0.3 is 4.90 Å². The minimum Gasteiger partial charge on any atom is -0.368 e. The largest absolute Gasteiger partial charge is 0.368 e. The van der Waals surface area contributed by atoms with Crippen molar-refractivity contribution in [2.75, 3.05) is 11.9 Å². The third-order valence-electron chi connectivity index (χ3n) is 5.19. The molecule has 3 heterocycles. The average Bonchev–Trinajstić information content (AvgIpc) is 3.26. The first kappa shape index (κ1) is 24.3. The fourth-order valence-electron chi connectivity index (χ4n) is 3.44. The Morgan fingerprint density at radius 2 is 2.06 bits per heavy atom. The van der Waals surface area contributed by atoms with Crippen LogP contribution in [0.1, 0.15) is 18.2 Å². The van der Waals surface area contributed by atoms with Gasteiger partial charge in [0.05, 0.1) is 40.3 Å². The monoisotopic (exact) mass is 557 g/mol. The Kier molecular flexibility index (Phi) is 6.80. The molecular weight excluding hydrogens is 538 g/mol. The van der Waals surface area contributed by atoms with Crippen molar-refractivity contribution in [1.82, 2.24) is 19.4 Å². The number of sulfonamides is 1. The zero-order valence-corrected chi connectivity index (χ0v) is 21.1. The fourth-order valence-corrected chi connectivity index (χ4v) is 4.90. The van der Waals surface area contributed by atoms with Crippen LogP contribution in [0.5, 0.6) is 0 Å². The maximum Gasteiger partial charge on any atom is 0.278 e. The van der Waals surface area contributed by atoms with Gasteiger partial charge in [0, 0.05) is 41.6 Å². The Hall–Kier alpha value is -3.84. The molecule has 13 heteroatoms. The molecule has 0 saturated heterocycles. The molecule has 0 bridgehead atoms. The number of halogens is 1. The summed E-state index contributed by atoms with van der Waals surface area (Å²) < 4.78 is 29.0. The van der Waals surface area contributed by atoms with Crippen LogP contribution in [0.15, 0.2) is 81.6 Å². The first-order valence-electron chi connectivity index (χ1n) is 10.2. The number of aromatic nitrogens is 3. The average molecular weight is 558 g/mol. The normalized spacial score (nSPS) is 12.0. The number of anilines is 1. The van der Waals surface area contributed by atoms with Crippen LogP contribution in [-0.4, -0.2) is 40.7 Å². The summed E-state index contributed by atoms with van der Waals surface area (Å²) in [6.45, 7) is 1.93. The highest BCUT2D eigenvalue weighted by Crippen LogP contribution is 2.29. The molecule has 0 amide bonds. The topological polar surface area (TPSA) is 135 Å². The quantitative estimate of drug-likeness (QED) is 0.198. The molecule has 35 heavy (non-hydrogen) atoms. The summed E-state index contributed by atoms with van der Waals surface area (Å²) in [5, 5.41) is 19.7. The maximum atomic E-state index is 13.3. The molecule has 0 radical (unpaired) electrons. The van der Waals surface area contributed by atoms with Crippen LogP contribution in [0.4, 0.5) is 11.4 Å². The third-order valence-corrected chi connectivity index (χ3v) is 6.92. The van der Waals surface area contributed by atoms with Gasteiger partial charge in [-0.3, -0.25) is 15.1 Å². The van der Waals surface area contributed by atoms with Crippen LogP contribution < -0.4 is 9.73 Å². The number of nitrogens with zero attached hydrogens (tertiary/aromatic N) is 6. The van der Waals surface area contributed by atoms with E-state index in [9.17, 15) is 18.5 Å². The second-order valence-corrected chi connectivity index (χ2v) is 10.2. The highest BCUT2D eigenvalue weighted by molar-refractivity contribution is 9.10. The summed E-state index contributed by atoms with van der Waals surface area (Å²) in [7, 11) is -2.59. The van der Waals surface area contributed by atoms with Crippen LogP contribution >= 0.6 is 15.9 Å². The first-order valence-corrected chi connectivity index (χ1v) is 12.5. The van der Waals surface area contributed by atoms with Gasteiger partial charge in [-0.25, -0.2) is 4.52 Å². The lowest BCUT2D eigenvalue weighted by molar-refractivity contribution is -0.385. The van der Waals surface area contributed by atoms with Crippen molar-refractivity contribution in [3.05, 3.63) is 93.0 Å². The second kappa shape index (κ2) is 9.80. The summed E-state index contributed by atoms with van der Waals surface area (Å²) in [5.74, 6) is 0. The minimum absolute atomic E-state index is 0.265. The van der Waals surface area contributed by atoms with E-state index < -0.39 is 14.9 Å². The van der Waals surface area contributed by atoms with E-state index in [1.54, 1.807) is 54.1 Å². The van der Waals surface area contributed by atoms with Gasteiger partial charge in [0.25, 0.3) is 15.7 Å². The Labute approximate surface area is 209 Å². The maximum absolute atomic E-state index is 13.3. The predicted octanol–water partition coefficient (Wildman–Crippen LogP) is 3.74. The van der Waals surface area contributed by atoms with Crippen molar-refractivity contribution in [2.24, 2.45) is 5.10 Å². The number of hydrogen-bond donors (Lipinski definition) is 1. The van der Waals surface area contributed by atoms with Crippen molar-refractivity contribution in [3.63, 3.8) is 0 Å². The van der Waals surface area contributed by atoms with Crippen LogP contribution in [0, 0.1) is 10.1 Å². The summed E-state index contributed by atoms with van der Waals surface area (Å²) in [5.41, 5.74) is 2.34. The first-order chi connectivity index (χ1) is 16.7. The van der Waals surface area contributed by atoms with E-state index in [0.29, 0.717) is 23.5 Å². The number of non-ortho nitro benzene ring substituents is 1. The van der Waals surface area contributed by atoms with Crippen LogP contribution in [0.25, 0.3) is 5.52 Å². The molecule has 4 rings (SSSR count). The summed E-state index contributed by atoms with van der Waals surface area (Å²) in [4.78, 5) is 18.6. The number of hydrazone groups is 1. The van der Waals surface area contributed by atoms with E-state index in [2.05, 4.69) is 35.9 Å². The zero-order valence-electron chi connectivity index (χ0n) is 18.7. The highest BCUT2D eigenvalue weighted by atomic mass is 79.9. The molecule has 3 aromatic heterocycles. The molecule has 0 spiro atoms. The van der Waals surface area contributed by atoms with Crippen molar-refractivity contribution in [2.45, 2.75) is 18.4 Å². The van der Waals surface area contributed by atoms with E-state index in [-0.39, 0.29) is 16.3 Å². The molecule has 180 valence electrons. The smallest absolute Gasteiger partial charge is 0.278 e. The molecule has 0 aliphatic heterocycles. The number of nitro benzene ring substituents is 1. The lowest BCUT2D eigenvalue weighted by Crippen LogP contribution is -2.25. The molecule has 0 aliphatic carbocycles. The number of rotatable bonds is 8. The molecule has 0 fully saturated rings. The van der Waals surface area contributed by atoms with E-state index in [1.807, 2.05) is 18.2 Å². The third kappa shape index (κ3) is 5.30. The molecule has 4 aromatic rings. The fraction of sp³-hybridized carbons (Fsp3) is 0.136. The molecule has 0 atom stereocenters. The SMILES string of the molecule is C/C(=N\NS(=O)(=O)c1cc([N+](=O)[O-])ccc1N(C)Cc1ccccn1)c1cnn2ccc(Br)cc12. The van der Waals surface area contributed by atoms with Gasteiger partial charge in [-0.2, -0.15) is 23.4 Å². The Morgan fingerprint density at radius 3 is 2.77 bits per heavy atom. The number of benzene rings is 1. The number of fused-ring (bicyclic) bond motifs is 1. The van der Waals surface area contributed by atoms with Crippen LogP contribution in [0.3, 0.4) is 0 Å². The minimum atomic E-state index is -4.27. The standard InChI is InChI=1S/C22H20BrN7O4S/c1-15(19-13-25-29-10-8-16(23)11-21(19)29)26-27-35(33,34)22-12-18(30(31)32)6-7-20(22)28(2)14-17-5-3-4-9-24-17/h3-13,27H,14H2,1-2H3/b26-15+. The van der Waals surface area contributed by atoms with Gasteiger partial charge in [-0.05, 0) is 37.3 Å². The van der Waals surface area contributed by atoms with E-state index in [4.69, 9.17) is 0 Å². The summed E-state index contributed by atoms with van der Waals surface area (Å²) in [6, 6.07) is 12.7. The van der Waals surface area contributed by atoms with E-state index in [1.165, 1.54) is 12.1 Å². The van der Waals surface area contributed by atoms with Gasteiger partial charge in [-0.1, -0.05) is 22.0 Å². The lowest BCUT2D eigenvalue weighted by Gasteiger charge is -2.21. The summed E-state index contributed by atoms with van der Waals surface area (Å²) >= 11 is 3.41. The Morgan fingerprint density at radius 1 is 1.26 bits per heavy atom.